The number of benzene rings is 2. The minimum Gasteiger partial charge on any atom is -0.308 e. The Labute approximate surface area is 195 Å². The van der Waals surface area contributed by atoms with Crippen LogP contribution < -0.4 is 15.5 Å². The van der Waals surface area contributed by atoms with Gasteiger partial charge in [-0.2, -0.15) is 0 Å². The van der Waals surface area contributed by atoms with Crippen LogP contribution in [0.5, 0.6) is 0 Å². The number of carbonyl (C=O) groups excluding carboxylic acids is 2. The highest BCUT2D eigenvalue weighted by Crippen LogP contribution is 2.30. The number of carbonyl (C=O) groups is 2. The van der Waals surface area contributed by atoms with E-state index in [0.717, 1.165) is 54.8 Å². The van der Waals surface area contributed by atoms with Gasteiger partial charge in [-0.25, -0.2) is 4.79 Å². The quantitative estimate of drug-likeness (QED) is 0.722. The molecule has 2 heterocycles. The van der Waals surface area contributed by atoms with Crippen molar-refractivity contribution < 1.29 is 9.59 Å². The maximum Gasteiger partial charge on any atom is 0.321 e. The van der Waals surface area contributed by atoms with Gasteiger partial charge in [0.1, 0.15) is 0 Å². The summed E-state index contributed by atoms with van der Waals surface area (Å²) in [6, 6.07) is 15.2. The first kappa shape index (κ1) is 23.0. The number of hydrogen-bond donors (Lipinski definition) is 2. The molecule has 7 heteroatoms. The SMILES string of the molecule is CCCN1C(=O)[C@H](NC(=O)Nc2cccc(C)c2)N=C([C@H]2CCCCN2C)c2ccccc21. The van der Waals surface area contributed by atoms with Gasteiger partial charge >= 0.3 is 6.03 Å². The fourth-order valence-corrected chi connectivity index (χ4v) is 4.70. The molecule has 0 saturated carbocycles. The Bertz CT molecular complexity index is 1050. The van der Waals surface area contributed by atoms with E-state index in [-0.39, 0.29) is 11.9 Å². The van der Waals surface area contributed by atoms with Gasteiger partial charge in [-0.15, -0.1) is 0 Å². The van der Waals surface area contributed by atoms with E-state index in [0.29, 0.717) is 12.2 Å². The lowest BCUT2D eigenvalue weighted by molar-refractivity contribution is -0.120. The van der Waals surface area contributed by atoms with Gasteiger partial charge in [0.05, 0.1) is 17.4 Å². The second-order valence-corrected chi connectivity index (χ2v) is 8.88. The maximum absolute atomic E-state index is 13.6. The summed E-state index contributed by atoms with van der Waals surface area (Å²) in [5.41, 5.74) is 4.44. The molecule has 33 heavy (non-hydrogen) atoms. The summed E-state index contributed by atoms with van der Waals surface area (Å²) < 4.78 is 0. The maximum atomic E-state index is 13.6. The van der Waals surface area contributed by atoms with Crippen LogP contribution in [0.15, 0.2) is 53.5 Å². The molecule has 2 N–H and O–H groups in total. The van der Waals surface area contributed by atoms with Gasteiger partial charge in [-0.1, -0.05) is 43.7 Å². The molecule has 7 nitrogen and oxygen atoms in total. The van der Waals surface area contributed by atoms with Crippen molar-refractivity contribution >= 4 is 29.0 Å². The number of aliphatic imine (C=N–C) groups is 1. The molecule has 1 fully saturated rings. The van der Waals surface area contributed by atoms with Crippen molar-refractivity contribution in [3.05, 3.63) is 59.7 Å². The first-order chi connectivity index (χ1) is 16.0. The van der Waals surface area contributed by atoms with Crippen LogP contribution in [0.1, 0.15) is 43.7 Å². The van der Waals surface area contributed by atoms with Crippen LogP contribution >= 0.6 is 0 Å². The molecule has 1 saturated heterocycles. The van der Waals surface area contributed by atoms with E-state index in [1.165, 1.54) is 0 Å². The third-order valence-corrected chi connectivity index (χ3v) is 6.32. The number of benzodiazepines with no additional fused rings is 1. The summed E-state index contributed by atoms with van der Waals surface area (Å²) in [6.07, 6.45) is 3.08. The lowest BCUT2D eigenvalue weighted by Gasteiger charge is -2.34. The van der Waals surface area contributed by atoms with Crippen LogP contribution in [0.3, 0.4) is 0 Å². The van der Waals surface area contributed by atoms with Crippen LogP contribution in [0.2, 0.25) is 0 Å². The van der Waals surface area contributed by atoms with E-state index in [4.69, 9.17) is 4.99 Å². The average molecular weight is 448 g/mol. The molecule has 2 aliphatic heterocycles. The number of para-hydroxylation sites is 1. The molecule has 174 valence electrons. The number of amides is 3. The van der Waals surface area contributed by atoms with Gasteiger partial charge < -0.3 is 15.5 Å². The molecule has 2 aromatic carbocycles. The zero-order chi connectivity index (χ0) is 23.4. The number of anilines is 2. The van der Waals surface area contributed by atoms with Crippen molar-refractivity contribution in [3.8, 4) is 0 Å². The van der Waals surface area contributed by atoms with Crippen molar-refractivity contribution in [2.75, 3.05) is 30.4 Å². The number of nitrogens with one attached hydrogen (secondary N) is 2. The normalized spacial score (nSPS) is 21.1. The van der Waals surface area contributed by atoms with Crippen LogP contribution in [-0.2, 0) is 4.79 Å². The molecule has 2 aliphatic rings. The van der Waals surface area contributed by atoms with E-state index in [2.05, 4.69) is 22.6 Å². The van der Waals surface area contributed by atoms with Crippen LogP contribution in [-0.4, -0.2) is 54.9 Å². The number of likely N-dealkylation sites (N-methyl/N-ethyl adjacent to an activating group) is 1. The fourth-order valence-electron chi connectivity index (χ4n) is 4.70. The highest BCUT2D eigenvalue weighted by Gasteiger charge is 2.36. The summed E-state index contributed by atoms with van der Waals surface area (Å²) in [5, 5.41) is 5.68. The van der Waals surface area contributed by atoms with Gasteiger partial charge in [0.15, 0.2) is 0 Å². The minimum atomic E-state index is -0.987. The highest BCUT2D eigenvalue weighted by molar-refractivity contribution is 6.15. The summed E-state index contributed by atoms with van der Waals surface area (Å²) >= 11 is 0. The molecule has 0 aliphatic carbocycles. The predicted molar refractivity (Wildman–Crippen MR) is 133 cm³/mol. The second kappa shape index (κ2) is 10.2. The largest absolute Gasteiger partial charge is 0.321 e. The Morgan fingerprint density at radius 2 is 1.97 bits per heavy atom. The average Bonchev–Trinajstić information content (AvgIpc) is 2.90. The Morgan fingerprint density at radius 1 is 1.15 bits per heavy atom. The summed E-state index contributed by atoms with van der Waals surface area (Å²) in [7, 11) is 2.11. The first-order valence-corrected chi connectivity index (χ1v) is 11.8. The van der Waals surface area contributed by atoms with E-state index >= 15 is 0 Å². The van der Waals surface area contributed by atoms with Gasteiger partial charge in [0, 0.05) is 17.8 Å². The summed E-state index contributed by atoms with van der Waals surface area (Å²) in [4.78, 5) is 35.5. The second-order valence-electron chi connectivity index (χ2n) is 8.88. The molecule has 0 radical (unpaired) electrons. The van der Waals surface area contributed by atoms with Crippen molar-refractivity contribution in [1.29, 1.82) is 0 Å². The van der Waals surface area contributed by atoms with Crippen LogP contribution in [0.25, 0.3) is 0 Å². The molecule has 0 bridgehead atoms. The highest BCUT2D eigenvalue weighted by atomic mass is 16.2. The number of urea groups is 1. The fraction of sp³-hybridized carbons (Fsp3) is 0.423. The smallest absolute Gasteiger partial charge is 0.308 e. The lowest BCUT2D eigenvalue weighted by Crippen LogP contribution is -2.49. The zero-order valence-corrected chi connectivity index (χ0v) is 19.7. The van der Waals surface area contributed by atoms with Gasteiger partial charge in [0.2, 0.25) is 6.17 Å². The number of piperidine rings is 1. The molecule has 4 rings (SSSR count). The zero-order valence-electron chi connectivity index (χ0n) is 19.7. The van der Waals surface area contributed by atoms with Crippen molar-refractivity contribution in [3.63, 3.8) is 0 Å². The Kier molecular flexibility index (Phi) is 7.08. The first-order valence-electron chi connectivity index (χ1n) is 11.8. The molecule has 0 spiro atoms. The number of nitrogens with zero attached hydrogens (tertiary/aromatic N) is 3. The molecular formula is C26H33N5O2. The third kappa shape index (κ3) is 5.09. The Morgan fingerprint density at radius 3 is 2.73 bits per heavy atom. The van der Waals surface area contributed by atoms with Crippen molar-refractivity contribution in [1.82, 2.24) is 10.2 Å². The monoisotopic (exact) mass is 447 g/mol. The number of rotatable bonds is 5. The molecular weight excluding hydrogens is 414 g/mol. The van der Waals surface area contributed by atoms with Crippen LogP contribution in [0.4, 0.5) is 16.2 Å². The van der Waals surface area contributed by atoms with E-state index in [1.54, 1.807) is 4.90 Å². The lowest BCUT2D eigenvalue weighted by atomic mass is 9.93. The summed E-state index contributed by atoms with van der Waals surface area (Å²) in [6.45, 7) is 5.57. The van der Waals surface area contributed by atoms with E-state index in [1.807, 2.05) is 62.4 Å². The third-order valence-electron chi connectivity index (χ3n) is 6.32. The van der Waals surface area contributed by atoms with Gasteiger partial charge in [-0.3, -0.25) is 14.7 Å². The molecule has 0 aromatic heterocycles. The predicted octanol–water partition coefficient (Wildman–Crippen LogP) is 4.17. The van der Waals surface area contributed by atoms with Crippen molar-refractivity contribution in [2.24, 2.45) is 4.99 Å². The number of likely N-dealkylation sites (tertiary alicyclic amines) is 1. The molecule has 2 aromatic rings. The number of hydrogen-bond acceptors (Lipinski definition) is 4. The van der Waals surface area contributed by atoms with Gasteiger partial charge in [0.25, 0.3) is 5.91 Å². The summed E-state index contributed by atoms with van der Waals surface area (Å²) in [5.74, 6) is -0.211. The molecule has 3 amide bonds. The number of aryl methyl sites for hydroxylation is 1. The van der Waals surface area contributed by atoms with E-state index < -0.39 is 12.2 Å². The van der Waals surface area contributed by atoms with Crippen LogP contribution in [0, 0.1) is 6.92 Å². The number of fused-ring (bicyclic) bond motifs is 1. The Balaban J connectivity index is 1.69. The minimum absolute atomic E-state index is 0.110. The van der Waals surface area contributed by atoms with E-state index in [9.17, 15) is 9.59 Å². The standard InChI is InChI=1S/C26H33N5O2/c1-4-15-31-21-13-6-5-12-20(21)23(22-14-7-8-16-30(22)3)28-24(25(31)32)29-26(33)27-19-11-9-10-18(2)17-19/h5-6,9-13,17,22,24H,4,7-8,14-16H2,1-3H3,(H2,27,29,33)/t22-,24+/m1/s1. The molecule has 0 unspecified atom stereocenters. The topological polar surface area (TPSA) is 77.0 Å². The van der Waals surface area contributed by atoms with Crippen molar-refractivity contribution in [2.45, 2.75) is 51.7 Å². The molecule has 2 atom stereocenters. The van der Waals surface area contributed by atoms with Gasteiger partial charge in [-0.05, 0) is 63.5 Å². The Hall–Kier alpha value is -3.19.